The number of amides is 2. The number of ether oxygens (including phenoxy) is 2. The lowest BCUT2D eigenvalue weighted by Gasteiger charge is -2.09. The Balaban J connectivity index is 1.16. The summed E-state index contributed by atoms with van der Waals surface area (Å²) in [5.41, 5.74) is 3.80. The third-order valence-corrected chi connectivity index (χ3v) is 5.63. The van der Waals surface area contributed by atoms with Gasteiger partial charge >= 0.3 is 6.03 Å². The van der Waals surface area contributed by atoms with Gasteiger partial charge in [-0.1, -0.05) is 17.3 Å². The molecule has 0 aliphatic rings. The van der Waals surface area contributed by atoms with Crippen molar-refractivity contribution in [3.8, 4) is 34.5 Å². The van der Waals surface area contributed by atoms with Crippen molar-refractivity contribution >= 4 is 17.4 Å². The van der Waals surface area contributed by atoms with E-state index < -0.39 is 0 Å². The van der Waals surface area contributed by atoms with E-state index in [9.17, 15) is 4.79 Å². The lowest BCUT2D eigenvalue weighted by atomic mass is 10.2. The van der Waals surface area contributed by atoms with Gasteiger partial charge in [0.15, 0.2) is 0 Å². The zero-order valence-electron chi connectivity index (χ0n) is 20.9. The van der Waals surface area contributed by atoms with E-state index in [1.165, 1.54) is 0 Å². The minimum Gasteiger partial charge on any atom is -0.497 e. The van der Waals surface area contributed by atoms with E-state index in [0.29, 0.717) is 41.9 Å². The highest BCUT2D eigenvalue weighted by molar-refractivity contribution is 5.99. The van der Waals surface area contributed by atoms with Crippen molar-refractivity contribution in [2.24, 2.45) is 0 Å². The summed E-state index contributed by atoms with van der Waals surface area (Å²) in [6.45, 7) is 3.11. The molecule has 2 heterocycles. The highest BCUT2D eigenvalue weighted by atomic mass is 16.5. The summed E-state index contributed by atoms with van der Waals surface area (Å²) >= 11 is 0. The molecule has 0 aliphatic carbocycles. The molecule has 0 bridgehead atoms. The molecule has 38 heavy (non-hydrogen) atoms. The Morgan fingerprint density at radius 3 is 2.24 bits per heavy atom. The van der Waals surface area contributed by atoms with Crippen LogP contribution in [-0.2, 0) is 6.54 Å². The van der Waals surface area contributed by atoms with E-state index in [1.54, 1.807) is 25.6 Å². The first-order chi connectivity index (χ1) is 18.6. The lowest BCUT2D eigenvalue weighted by molar-refractivity contribution is 0.262. The standard InChI is InChI=1S/C28H26N6O4/c1-3-37-24-14-10-22(11-15-24)31-28(35)30-21-8-4-19(5-9-21)16-34-17-25(29-18-34)27-32-26(33-38-27)20-6-12-23(36-2)13-7-20/h4-15,17-18H,3,16H2,1-2H3,(H2,30,31,35). The number of carbonyl (C=O) groups excluding carboxylic acids is 1. The molecule has 2 amide bonds. The van der Waals surface area contributed by atoms with E-state index >= 15 is 0 Å². The molecule has 5 rings (SSSR count). The minimum atomic E-state index is -0.324. The van der Waals surface area contributed by atoms with Crippen LogP contribution in [-0.4, -0.2) is 39.4 Å². The number of nitrogens with one attached hydrogen (secondary N) is 2. The summed E-state index contributed by atoms with van der Waals surface area (Å²) in [5, 5.41) is 9.70. The molecule has 0 saturated carbocycles. The van der Waals surface area contributed by atoms with Gasteiger partial charge in [0.2, 0.25) is 5.82 Å². The fourth-order valence-corrected chi connectivity index (χ4v) is 3.74. The number of aromatic nitrogens is 4. The van der Waals surface area contributed by atoms with Crippen LogP contribution in [0.15, 0.2) is 89.8 Å². The number of hydrogen-bond acceptors (Lipinski definition) is 7. The van der Waals surface area contributed by atoms with Crippen LogP contribution in [0.1, 0.15) is 12.5 Å². The summed E-state index contributed by atoms with van der Waals surface area (Å²) in [4.78, 5) is 21.2. The summed E-state index contributed by atoms with van der Waals surface area (Å²) < 4.78 is 17.9. The Labute approximate surface area is 219 Å². The summed E-state index contributed by atoms with van der Waals surface area (Å²) in [6, 6.07) is 21.9. The molecule has 0 unspecified atom stereocenters. The number of imidazole rings is 1. The van der Waals surface area contributed by atoms with Crippen molar-refractivity contribution in [2.75, 3.05) is 24.4 Å². The molecule has 0 saturated heterocycles. The van der Waals surface area contributed by atoms with Gasteiger partial charge in [0.25, 0.3) is 5.89 Å². The van der Waals surface area contributed by atoms with E-state index in [2.05, 4.69) is 25.8 Å². The number of benzene rings is 3. The Morgan fingerprint density at radius 1 is 0.921 bits per heavy atom. The topological polar surface area (TPSA) is 116 Å². The number of hydrogen-bond donors (Lipinski definition) is 2. The average molecular weight is 511 g/mol. The van der Waals surface area contributed by atoms with E-state index in [-0.39, 0.29) is 6.03 Å². The smallest absolute Gasteiger partial charge is 0.323 e. The average Bonchev–Trinajstić information content (AvgIpc) is 3.61. The van der Waals surface area contributed by atoms with Crippen molar-refractivity contribution < 1.29 is 18.8 Å². The molecular formula is C28H26N6O4. The highest BCUT2D eigenvalue weighted by Gasteiger charge is 2.13. The van der Waals surface area contributed by atoms with Gasteiger partial charge in [0, 0.05) is 29.7 Å². The number of nitrogens with zero attached hydrogens (tertiary/aromatic N) is 4. The maximum atomic E-state index is 12.3. The van der Waals surface area contributed by atoms with Gasteiger partial charge in [0.05, 0.1) is 20.0 Å². The van der Waals surface area contributed by atoms with Crippen molar-refractivity contribution in [1.82, 2.24) is 19.7 Å². The van der Waals surface area contributed by atoms with E-state index in [0.717, 1.165) is 22.6 Å². The van der Waals surface area contributed by atoms with Gasteiger partial charge in [0.1, 0.15) is 17.2 Å². The first-order valence-electron chi connectivity index (χ1n) is 12.0. The Bertz CT molecular complexity index is 1490. The van der Waals surface area contributed by atoms with Crippen LogP contribution >= 0.6 is 0 Å². The maximum absolute atomic E-state index is 12.3. The zero-order chi connectivity index (χ0) is 26.3. The van der Waals surface area contributed by atoms with Crippen molar-refractivity contribution in [2.45, 2.75) is 13.5 Å². The summed E-state index contributed by atoms with van der Waals surface area (Å²) in [6.07, 6.45) is 3.56. The molecule has 3 aromatic carbocycles. The SMILES string of the molecule is CCOc1ccc(NC(=O)Nc2ccc(Cn3cnc(-c4nc(-c5ccc(OC)cc5)no4)c3)cc2)cc1. The van der Waals surface area contributed by atoms with Crippen LogP contribution in [0.2, 0.25) is 0 Å². The molecule has 5 aromatic rings. The molecular weight excluding hydrogens is 484 g/mol. The normalized spacial score (nSPS) is 10.7. The summed E-state index contributed by atoms with van der Waals surface area (Å²) in [7, 11) is 1.62. The molecule has 0 spiro atoms. The predicted molar refractivity (Wildman–Crippen MR) is 143 cm³/mol. The first-order valence-corrected chi connectivity index (χ1v) is 12.0. The van der Waals surface area contributed by atoms with Crippen LogP contribution in [0.3, 0.4) is 0 Å². The molecule has 192 valence electrons. The Hall–Kier alpha value is -5.12. The molecule has 0 aliphatic heterocycles. The van der Waals surface area contributed by atoms with Crippen molar-refractivity contribution in [3.63, 3.8) is 0 Å². The second-order valence-corrected chi connectivity index (χ2v) is 8.32. The largest absolute Gasteiger partial charge is 0.497 e. The molecule has 2 N–H and O–H groups in total. The minimum absolute atomic E-state index is 0.324. The maximum Gasteiger partial charge on any atom is 0.323 e. The third kappa shape index (κ3) is 5.98. The Morgan fingerprint density at radius 2 is 1.58 bits per heavy atom. The van der Waals surface area contributed by atoms with Crippen LogP contribution in [0.4, 0.5) is 16.2 Å². The van der Waals surface area contributed by atoms with Gasteiger partial charge in [-0.2, -0.15) is 4.98 Å². The van der Waals surface area contributed by atoms with E-state index in [1.807, 2.05) is 78.4 Å². The number of carbonyl (C=O) groups is 1. The zero-order valence-corrected chi connectivity index (χ0v) is 20.9. The quantitative estimate of drug-likeness (QED) is 0.261. The van der Waals surface area contributed by atoms with Crippen molar-refractivity contribution in [1.29, 1.82) is 0 Å². The van der Waals surface area contributed by atoms with Gasteiger partial charge in [-0.25, -0.2) is 9.78 Å². The fraction of sp³-hybridized carbons (Fsp3) is 0.143. The first kappa shape index (κ1) is 24.6. The van der Waals surface area contributed by atoms with Crippen molar-refractivity contribution in [3.05, 3.63) is 90.9 Å². The van der Waals surface area contributed by atoms with Crippen LogP contribution in [0, 0.1) is 0 Å². The van der Waals surface area contributed by atoms with Gasteiger partial charge < -0.3 is 29.2 Å². The molecule has 10 heteroatoms. The third-order valence-electron chi connectivity index (χ3n) is 5.63. The number of anilines is 2. The van der Waals surface area contributed by atoms with Gasteiger partial charge in [-0.3, -0.25) is 0 Å². The predicted octanol–water partition coefficient (Wildman–Crippen LogP) is 5.70. The molecule has 0 radical (unpaired) electrons. The molecule has 2 aromatic heterocycles. The van der Waals surface area contributed by atoms with Gasteiger partial charge in [-0.15, -0.1) is 0 Å². The molecule has 10 nitrogen and oxygen atoms in total. The van der Waals surface area contributed by atoms with Gasteiger partial charge in [-0.05, 0) is 73.2 Å². The molecule has 0 fully saturated rings. The monoisotopic (exact) mass is 510 g/mol. The van der Waals surface area contributed by atoms with E-state index in [4.69, 9.17) is 14.0 Å². The highest BCUT2D eigenvalue weighted by Crippen LogP contribution is 2.23. The number of urea groups is 1. The number of rotatable bonds is 9. The van der Waals surface area contributed by atoms with Crippen LogP contribution in [0.5, 0.6) is 11.5 Å². The van der Waals surface area contributed by atoms with Crippen LogP contribution in [0.25, 0.3) is 23.0 Å². The second kappa shape index (κ2) is 11.3. The Kier molecular flexibility index (Phi) is 7.30. The lowest BCUT2D eigenvalue weighted by Crippen LogP contribution is -2.19. The number of methoxy groups -OCH3 is 1. The summed E-state index contributed by atoms with van der Waals surface area (Å²) in [5.74, 6) is 2.33. The molecule has 0 atom stereocenters. The second-order valence-electron chi connectivity index (χ2n) is 8.32. The fourth-order valence-electron chi connectivity index (χ4n) is 3.74. The van der Waals surface area contributed by atoms with Crippen LogP contribution < -0.4 is 20.1 Å².